The second-order valence-electron chi connectivity index (χ2n) is 5.34. The average molecular weight is 350 g/mol. The Morgan fingerprint density at radius 1 is 1.15 bits per heavy atom. The van der Waals surface area contributed by atoms with Crippen molar-refractivity contribution in [1.29, 1.82) is 5.26 Å². The highest BCUT2D eigenvalue weighted by molar-refractivity contribution is 6.22. The number of nitro benzene ring substituents is 1. The summed E-state index contributed by atoms with van der Waals surface area (Å²) in [6.07, 6.45) is 0. The Morgan fingerprint density at radius 3 is 2.54 bits per heavy atom. The Labute approximate surface area is 146 Å². The molecule has 3 rings (SSSR count). The van der Waals surface area contributed by atoms with E-state index in [2.05, 4.69) is 5.32 Å². The predicted octanol–water partition coefficient (Wildman–Crippen LogP) is 1.97. The molecule has 2 aromatic carbocycles. The predicted molar refractivity (Wildman–Crippen MR) is 88.5 cm³/mol. The maximum absolute atomic E-state index is 12.3. The molecular formula is C17H10N4O5. The van der Waals surface area contributed by atoms with Crippen molar-refractivity contribution in [3.05, 3.63) is 69.3 Å². The number of nitriles is 1. The van der Waals surface area contributed by atoms with E-state index in [1.54, 1.807) is 6.07 Å². The highest BCUT2D eigenvalue weighted by Gasteiger charge is 2.35. The molecular weight excluding hydrogens is 340 g/mol. The van der Waals surface area contributed by atoms with Crippen LogP contribution in [0, 0.1) is 21.4 Å². The number of fused-ring (bicyclic) bond motifs is 1. The number of rotatable bonds is 4. The van der Waals surface area contributed by atoms with Gasteiger partial charge in [-0.05, 0) is 24.3 Å². The largest absolute Gasteiger partial charge is 0.322 e. The molecule has 0 radical (unpaired) electrons. The van der Waals surface area contributed by atoms with Gasteiger partial charge in [0.15, 0.2) is 0 Å². The molecule has 0 bridgehead atoms. The van der Waals surface area contributed by atoms with E-state index in [9.17, 15) is 24.5 Å². The molecule has 128 valence electrons. The first-order chi connectivity index (χ1) is 12.4. The third kappa shape index (κ3) is 2.76. The Kier molecular flexibility index (Phi) is 4.16. The number of imide groups is 1. The lowest BCUT2D eigenvalue weighted by atomic mass is 10.1. The molecule has 0 spiro atoms. The summed E-state index contributed by atoms with van der Waals surface area (Å²) in [4.78, 5) is 47.8. The highest BCUT2D eigenvalue weighted by Crippen LogP contribution is 2.26. The summed E-state index contributed by atoms with van der Waals surface area (Å²) >= 11 is 0. The number of carbonyl (C=O) groups excluding carboxylic acids is 3. The SMILES string of the molecule is N#CCN1C(=O)c2ccc(NC(=O)c3ccccc3[N+](=O)[O-])cc2C1=O. The Morgan fingerprint density at radius 2 is 1.85 bits per heavy atom. The van der Waals surface area contributed by atoms with E-state index in [4.69, 9.17) is 5.26 Å². The fraction of sp³-hybridized carbons (Fsp3) is 0.0588. The van der Waals surface area contributed by atoms with Crippen LogP contribution in [0.2, 0.25) is 0 Å². The number of nitrogens with one attached hydrogen (secondary N) is 1. The molecule has 3 amide bonds. The quantitative estimate of drug-likeness (QED) is 0.388. The van der Waals surface area contributed by atoms with Crippen molar-refractivity contribution in [2.75, 3.05) is 11.9 Å². The minimum absolute atomic E-state index is 0.0608. The van der Waals surface area contributed by atoms with E-state index < -0.39 is 22.6 Å². The number of hydrogen-bond donors (Lipinski definition) is 1. The minimum atomic E-state index is -0.720. The smallest absolute Gasteiger partial charge is 0.282 e. The summed E-state index contributed by atoms with van der Waals surface area (Å²) in [6, 6.07) is 11.3. The monoisotopic (exact) mass is 350 g/mol. The second kappa shape index (κ2) is 6.45. The maximum atomic E-state index is 12.3. The third-order valence-electron chi connectivity index (χ3n) is 3.80. The molecule has 1 N–H and O–H groups in total. The van der Waals surface area contributed by atoms with Gasteiger partial charge in [-0.2, -0.15) is 5.26 Å². The van der Waals surface area contributed by atoms with Crippen LogP contribution in [0.1, 0.15) is 31.1 Å². The van der Waals surface area contributed by atoms with E-state index >= 15 is 0 Å². The van der Waals surface area contributed by atoms with E-state index in [-0.39, 0.29) is 34.6 Å². The zero-order valence-electron chi connectivity index (χ0n) is 13.1. The molecule has 0 unspecified atom stereocenters. The summed E-state index contributed by atoms with van der Waals surface area (Å²) in [5.74, 6) is -1.93. The fourth-order valence-corrected chi connectivity index (χ4v) is 2.61. The van der Waals surface area contributed by atoms with Crippen molar-refractivity contribution in [1.82, 2.24) is 4.90 Å². The van der Waals surface area contributed by atoms with Crippen molar-refractivity contribution in [3.63, 3.8) is 0 Å². The second-order valence-corrected chi connectivity index (χ2v) is 5.34. The zero-order chi connectivity index (χ0) is 18.8. The summed E-state index contributed by atoms with van der Waals surface area (Å²) < 4.78 is 0. The van der Waals surface area contributed by atoms with Crippen LogP contribution < -0.4 is 5.32 Å². The van der Waals surface area contributed by atoms with Crippen molar-refractivity contribution >= 4 is 29.1 Å². The van der Waals surface area contributed by atoms with Gasteiger partial charge in [0.2, 0.25) is 0 Å². The first-order valence-corrected chi connectivity index (χ1v) is 7.36. The molecule has 0 saturated carbocycles. The van der Waals surface area contributed by atoms with Gasteiger partial charge in [-0.15, -0.1) is 0 Å². The van der Waals surface area contributed by atoms with Crippen LogP contribution in [0.5, 0.6) is 0 Å². The number of nitro groups is 1. The van der Waals surface area contributed by atoms with Crippen LogP contribution in [0.25, 0.3) is 0 Å². The summed E-state index contributed by atoms with van der Waals surface area (Å²) in [5, 5.41) is 22.2. The number of anilines is 1. The maximum Gasteiger partial charge on any atom is 0.282 e. The molecule has 2 aromatic rings. The van der Waals surface area contributed by atoms with Crippen molar-refractivity contribution in [3.8, 4) is 6.07 Å². The van der Waals surface area contributed by atoms with Gasteiger partial charge in [0, 0.05) is 11.8 Å². The molecule has 1 heterocycles. The van der Waals surface area contributed by atoms with Crippen LogP contribution >= 0.6 is 0 Å². The molecule has 0 fully saturated rings. The summed E-state index contributed by atoms with van der Waals surface area (Å²) in [6.45, 7) is -0.371. The van der Waals surface area contributed by atoms with Gasteiger partial charge in [-0.1, -0.05) is 12.1 Å². The zero-order valence-corrected chi connectivity index (χ0v) is 13.1. The molecule has 9 heteroatoms. The van der Waals surface area contributed by atoms with E-state index in [0.717, 1.165) is 4.90 Å². The normalized spacial score (nSPS) is 12.5. The number of benzene rings is 2. The van der Waals surface area contributed by atoms with Crippen LogP contribution in [0.3, 0.4) is 0 Å². The number of hydrogen-bond acceptors (Lipinski definition) is 6. The van der Waals surface area contributed by atoms with Crippen LogP contribution in [0.15, 0.2) is 42.5 Å². The number of para-hydroxylation sites is 1. The Balaban J connectivity index is 1.89. The van der Waals surface area contributed by atoms with Crippen molar-refractivity contribution in [2.24, 2.45) is 0 Å². The standard InChI is InChI=1S/C17H10N4O5/c18-7-8-20-16(23)11-6-5-10(9-13(11)17(20)24)19-15(22)12-3-1-2-4-14(12)21(25)26/h1-6,9H,8H2,(H,19,22). The highest BCUT2D eigenvalue weighted by atomic mass is 16.6. The molecule has 0 atom stereocenters. The molecule has 1 aliphatic rings. The molecule has 0 saturated heterocycles. The average Bonchev–Trinajstić information content (AvgIpc) is 2.86. The van der Waals surface area contributed by atoms with Gasteiger partial charge in [0.25, 0.3) is 23.4 Å². The Hall–Kier alpha value is -4.06. The van der Waals surface area contributed by atoms with Gasteiger partial charge >= 0.3 is 0 Å². The topological polar surface area (TPSA) is 133 Å². The van der Waals surface area contributed by atoms with Gasteiger partial charge in [0.05, 0.1) is 22.1 Å². The van der Waals surface area contributed by atoms with Crippen LogP contribution in [0.4, 0.5) is 11.4 Å². The van der Waals surface area contributed by atoms with Crippen molar-refractivity contribution < 1.29 is 19.3 Å². The lowest BCUT2D eigenvalue weighted by molar-refractivity contribution is -0.385. The van der Waals surface area contributed by atoms with Crippen LogP contribution in [-0.2, 0) is 0 Å². The summed E-state index contributed by atoms with van der Waals surface area (Å²) in [7, 11) is 0. The molecule has 1 aliphatic heterocycles. The lowest BCUT2D eigenvalue weighted by Gasteiger charge is -2.07. The molecule has 0 aliphatic carbocycles. The molecule has 26 heavy (non-hydrogen) atoms. The van der Waals surface area contributed by atoms with E-state index in [0.29, 0.717) is 0 Å². The number of carbonyl (C=O) groups is 3. The van der Waals surface area contributed by atoms with Crippen LogP contribution in [-0.4, -0.2) is 34.1 Å². The van der Waals surface area contributed by atoms with E-state index in [1.165, 1.54) is 42.5 Å². The number of nitrogens with zero attached hydrogens (tertiary/aromatic N) is 3. The minimum Gasteiger partial charge on any atom is -0.322 e. The van der Waals surface area contributed by atoms with Gasteiger partial charge in [-0.25, -0.2) is 0 Å². The first-order valence-electron chi connectivity index (χ1n) is 7.36. The third-order valence-corrected chi connectivity index (χ3v) is 3.80. The summed E-state index contributed by atoms with van der Waals surface area (Å²) in [5.41, 5.74) is -0.0875. The number of amides is 3. The van der Waals surface area contributed by atoms with Crippen molar-refractivity contribution in [2.45, 2.75) is 0 Å². The fourth-order valence-electron chi connectivity index (χ4n) is 2.61. The van der Waals surface area contributed by atoms with Gasteiger partial charge < -0.3 is 5.32 Å². The van der Waals surface area contributed by atoms with Gasteiger partial charge in [0.1, 0.15) is 12.1 Å². The molecule has 0 aromatic heterocycles. The molecule has 9 nitrogen and oxygen atoms in total. The first kappa shape index (κ1) is 16.8. The Bertz CT molecular complexity index is 1010. The van der Waals surface area contributed by atoms with E-state index in [1.807, 2.05) is 0 Å². The lowest BCUT2D eigenvalue weighted by Crippen LogP contribution is -2.29. The van der Waals surface area contributed by atoms with Gasteiger partial charge in [-0.3, -0.25) is 29.4 Å².